The van der Waals surface area contributed by atoms with E-state index < -0.39 is 0 Å². The van der Waals surface area contributed by atoms with Crippen LogP contribution in [0.5, 0.6) is 0 Å². The lowest BCUT2D eigenvalue weighted by Gasteiger charge is -2.20. The molecule has 0 spiro atoms. The largest absolute Gasteiger partial charge is 0.337 e. The average molecular weight is 285 g/mol. The molecular formula is C15H19N5O. The van der Waals surface area contributed by atoms with E-state index in [0.717, 1.165) is 38.4 Å². The van der Waals surface area contributed by atoms with Crippen molar-refractivity contribution in [2.75, 3.05) is 33.2 Å². The number of hydrogen-bond donors (Lipinski definition) is 0. The third-order valence-electron chi connectivity index (χ3n) is 3.77. The van der Waals surface area contributed by atoms with Gasteiger partial charge < -0.3 is 9.80 Å². The highest BCUT2D eigenvalue weighted by Crippen LogP contribution is 2.10. The van der Waals surface area contributed by atoms with Crippen LogP contribution in [0.1, 0.15) is 16.8 Å². The van der Waals surface area contributed by atoms with E-state index in [9.17, 15) is 4.79 Å². The van der Waals surface area contributed by atoms with Gasteiger partial charge in [0.05, 0.1) is 5.56 Å². The van der Waals surface area contributed by atoms with Crippen molar-refractivity contribution < 1.29 is 4.79 Å². The Morgan fingerprint density at radius 1 is 1.19 bits per heavy atom. The number of carbonyl (C=O) groups is 1. The Labute approximate surface area is 124 Å². The summed E-state index contributed by atoms with van der Waals surface area (Å²) in [4.78, 5) is 25.0. The number of nitrogens with zero attached hydrogens (tertiary/aromatic N) is 5. The first-order chi connectivity index (χ1) is 10.2. The summed E-state index contributed by atoms with van der Waals surface area (Å²) in [5, 5.41) is 0. The summed E-state index contributed by atoms with van der Waals surface area (Å²) in [7, 11) is 2.09. The summed E-state index contributed by atoms with van der Waals surface area (Å²) >= 11 is 0. The van der Waals surface area contributed by atoms with Gasteiger partial charge in [-0.1, -0.05) is 0 Å². The number of aromatic nitrogens is 3. The third kappa shape index (κ3) is 3.11. The van der Waals surface area contributed by atoms with E-state index in [1.165, 1.54) is 0 Å². The molecule has 6 heteroatoms. The lowest BCUT2D eigenvalue weighted by Crippen LogP contribution is -2.34. The number of hydrogen-bond acceptors (Lipinski definition) is 4. The Morgan fingerprint density at radius 3 is 2.81 bits per heavy atom. The van der Waals surface area contributed by atoms with Gasteiger partial charge in [0, 0.05) is 38.2 Å². The van der Waals surface area contributed by atoms with Gasteiger partial charge in [0.1, 0.15) is 12.1 Å². The number of amides is 1. The maximum Gasteiger partial charge on any atom is 0.255 e. The van der Waals surface area contributed by atoms with Crippen LogP contribution in [0.2, 0.25) is 0 Å². The zero-order valence-corrected chi connectivity index (χ0v) is 12.1. The summed E-state index contributed by atoms with van der Waals surface area (Å²) in [6.45, 7) is 3.55. The minimum absolute atomic E-state index is 0.0648. The predicted octanol–water partition coefficient (Wildman–Crippen LogP) is 1.05. The summed E-state index contributed by atoms with van der Waals surface area (Å²) in [5.41, 5.74) is 0.642. The van der Waals surface area contributed by atoms with Gasteiger partial charge in [0.2, 0.25) is 0 Å². The summed E-state index contributed by atoms with van der Waals surface area (Å²) in [5.74, 6) is 0.828. The highest BCUT2D eigenvalue weighted by atomic mass is 16.2. The first kappa shape index (κ1) is 13.8. The van der Waals surface area contributed by atoms with Gasteiger partial charge in [-0.25, -0.2) is 9.97 Å². The van der Waals surface area contributed by atoms with E-state index in [0.29, 0.717) is 5.56 Å². The topological polar surface area (TPSA) is 54.3 Å². The molecule has 21 heavy (non-hydrogen) atoms. The molecule has 0 saturated carbocycles. The van der Waals surface area contributed by atoms with Crippen LogP contribution in [0, 0.1) is 0 Å². The molecule has 0 aromatic carbocycles. The minimum atomic E-state index is 0.0648. The van der Waals surface area contributed by atoms with Crippen LogP contribution < -0.4 is 0 Å². The number of imidazole rings is 1. The van der Waals surface area contributed by atoms with Crippen molar-refractivity contribution >= 4 is 5.91 Å². The molecule has 0 bridgehead atoms. The van der Waals surface area contributed by atoms with Gasteiger partial charge >= 0.3 is 0 Å². The molecule has 1 aliphatic heterocycles. The third-order valence-corrected chi connectivity index (χ3v) is 3.77. The monoisotopic (exact) mass is 285 g/mol. The molecule has 3 heterocycles. The zero-order valence-electron chi connectivity index (χ0n) is 12.1. The molecule has 1 saturated heterocycles. The molecule has 1 aliphatic rings. The van der Waals surface area contributed by atoms with E-state index >= 15 is 0 Å². The van der Waals surface area contributed by atoms with Gasteiger partial charge in [-0.05, 0) is 32.1 Å². The quantitative estimate of drug-likeness (QED) is 0.827. The molecule has 1 amide bonds. The fraction of sp³-hybridized carbons (Fsp3) is 0.400. The Kier molecular flexibility index (Phi) is 3.96. The fourth-order valence-electron chi connectivity index (χ4n) is 2.49. The first-order valence-electron chi connectivity index (χ1n) is 7.16. The molecule has 6 nitrogen and oxygen atoms in total. The number of carbonyl (C=O) groups excluding carboxylic acids is 1. The van der Waals surface area contributed by atoms with E-state index in [4.69, 9.17) is 0 Å². The van der Waals surface area contributed by atoms with E-state index in [1.54, 1.807) is 18.7 Å². The number of pyridine rings is 1. The molecular weight excluding hydrogens is 266 g/mol. The lowest BCUT2D eigenvalue weighted by molar-refractivity contribution is 0.0762. The van der Waals surface area contributed by atoms with Crippen molar-refractivity contribution in [3.8, 4) is 5.82 Å². The normalized spacial score (nSPS) is 16.7. The summed E-state index contributed by atoms with van der Waals surface area (Å²) in [6.07, 6.45) is 7.88. The Hall–Kier alpha value is -2.21. The average Bonchev–Trinajstić information content (AvgIpc) is 2.96. The molecule has 2 aromatic rings. The van der Waals surface area contributed by atoms with Crippen molar-refractivity contribution in [3.05, 3.63) is 42.6 Å². The molecule has 3 rings (SSSR count). The maximum absolute atomic E-state index is 12.5. The van der Waals surface area contributed by atoms with Crippen LogP contribution in [0.15, 0.2) is 37.1 Å². The molecule has 110 valence electrons. The number of likely N-dealkylation sites (N-methyl/N-ethyl adjacent to an activating group) is 1. The van der Waals surface area contributed by atoms with Gasteiger partial charge in [-0.2, -0.15) is 0 Å². The molecule has 2 aromatic heterocycles. The van der Waals surface area contributed by atoms with E-state index in [2.05, 4.69) is 21.9 Å². The van der Waals surface area contributed by atoms with Crippen LogP contribution in [-0.4, -0.2) is 63.5 Å². The van der Waals surface area contributed by atoms with Crippen LogP contribution in [0.4, 0.5) is 0 Å². The molecule has 1 fully saturated rings. The molecule has 0 atom stereocenters. The Balaban J connectivity index is 1.73. The molecule has 0 unspecified atom stereocenters. The summed E-state index contributed by atoms with van der Waals surface area (Å²) < 4.78 is 1.81. The second-order valence-corrected chi connectivity index (χ2v) is 5.32. The number of rotatable bonds is 2. The molecule has 0 aliphatic carbocycles. The maximum atomic E-state index is 12.5. The summed E-state index contributed by atoms with van der Waals surface area (Å²) in [6, 6.07) is 3.68. The van der Waals surface area contributed by atoms with Crippen LogP contribution in [-0.2, 0) is 0 Å². The van der Waals surface area contributed by atoms with Crippen molar-refractivity contribution in [1.82, 2.24) is 24.3 Å². The highest BCUT2D eigenvalue weighted by Gasteiger charge is 2.19. The van der Waals surface area contributed by atoms with Crippen molar-refractivity contribution in [1.29, 1.82) is 0 Å². The Bertz CT molecular complexity index is 593. The van der Waals surface area contributed by atoms with E-state index in [-0.39, 0.29) is 5.91 Å². The standard InChI is InChI=1S/C15H19N5O/c1-18-6-2-7-19(10-9-18)15(21)13-3-4-14(17-11-13)20-8-5-16-12-20/h3-5,8,11-12H,2,6-7,9-10H2,1H3. The van der Waals surface area contributed by atoms with Crippen LogP contribution in [0.25, 0.3) is 5.82 Å². The lowest BCUT2D eigenvalue weighted by atomic mass is 10.2. The first-order valence-corrected chi connectivity index (χ1v) is 7.16. The van der Waals surface area contributed by atoms with Gasteiger partial charge in [0.25, 0.3) is 5.91 Å². The van der Waals surface area contributed by atoms with Crippen molar-refractivity contribution in [2.45, 2.75) is 6.42 Å². The van der Waals surface area contributed by atoms with Crippen molar-refractivity contribution in [3.63, 3.8) is 0 Å². The molecule has 0 N–H and O–H groups in total. The predicted molar refractivity (Wildman–Crippen MR) is 79.4 cm³/mol. The minimum Gasteiger partial charge on any atom is -0.337 e. The van der Waals surface area contributed by atoms with Gasteiger partial charge in [-0.3, -0.25) is 9.36 Å². The van der Waals surface area contributed by atoms with Gasteiger partial charge in [-0.15, -0.1) is 0 Å². The van der Waals surface area contributed by atoms with Gasteiger partial charge in [0.15, 0.2) is 0 Å². The SMILES string of the molecule is CN1CCCN(C(=O)c2ccc(-n3ccnc3)nc2)CC1. The van der Waals surface area contributed by atoms with Crippen LogP contribution in [0.3, 0.4) is 0 Å². The molecule has 0 radical (unpaired) electrons. The second-order valence-electron chi connectivity index (χ2n) is 5.32. The second kappa shape index (κ2) is 6.05. The smallest absolute Gasteiger partial charge is 0.255 e. The highest BCUT2D eigenvalue weighted by molar-refractivity contribution is 5.94. The van der Waals surface area contributed by atoms with E-state index in [1.807, 2.05) is 27.8 Å². The fourth-order valence-corrected chi connectivity index (χ4v) is 2.49. The van der Waals surface area contributed by atoms with Crippen LogP contribution >= 0.6 is 0 Å². The Morgan fingerprint density at radius 2 is 2.10 bits per heavy atom. The zero-order chi connectivity index (χ0) is 14.7. The van der Waals surface area contributed by atoms with Crippen molar-refractivity contribution in [2.24, 2.45) is 0 Å².